The van der Waals surface area contributed by atoms with Crippen molar-refractivity contribution in [2.45, 2.75) is 58.3 Å². The molecular formula is C10H23NO3S2. The van der Waals surface area contributed by atoms with Crippen LogP contribution >= 0.6 is 0 Å². The lowest BCUT2D eigenvalue weighted by Gasteiger charge is -2.04. The Morgan fingerprint density at radius 1 is 1.06 bits per heavy atom. The summed E-state index contributed by atoms with van der Waals surface area (Å²) in [6.45, 7) is 2.57. The normalized spacial score (nSPS) is 14.9. The van der Waals surface area contributed by atoms with Crippen molar-refractivity contribution in [2.24, 2.45) is 5.90 Å². The van der Waals surface area contributed by atoms with Gasteiger partial charge in [0.15, 0.2) is 0 Å². The van der Waals surface area contributed by atoms with Crippen LogP contribution in [-0.2, 0) is 28.7 Å². The summed E-state index contributed by atoms with van der Waals surface area (Å²) in [4.78, 5) is 0. The van der Waals surface area contributed by atoms with Crippen LogP contribution in [0, 0.1) is 0 Å². The summed E-state index contributed by atoms with van der Waals surface area (Å²) in [5, 5.41) is 0. The van der Waals surface area contributed by atoms with Crippen LogP contribution in [0.5, 0.6) is 0 Å². The van der Waals surface area contributed by atoms with Gasteiger partial charge in [0.1, 0.15) is 0 Å². The zero-order chi connectivity index (χ0) is 12.3. The van der Waals surface area contributed by atoms with Crippen molar-refractivity contribution in [1.82, 2.24) is 0 Å². The molecule has 0 rings (SSSR count). The second-order valence-electron chi connectivity index (χ2n) is 3.80. The van der Waals surface area contributed by atoms with Gasteiger partial charge in [0, 0.05) is 11.2 Å². The van der Waals surface area contributed by atoms with Crippen molar-refractivity contribution in [2.75, 3.05) is 6.61 Å². The highest BCUT2D eigenvalue weighted by Crippen LogP contribution is 2.08. The largest absolute Gasteiger partial charge is 0.285 e. The van der Waals surface area contributed by atoms with Crippen molar-refractivity contribution in [1.29, 1.82) is 0 Å². The Hall–Kier alpha value is 0.250. The van der Waals surface area contributed by atoms with Crippen LogP contribution in [0.1, 0.15) is 58.3 Å². The summed E-state index contributed by atoms with van der Waals surface area (Å²) >= 11 is 4.45. The van der Waals surface area contributed by atoms with Crippen LogP contribution in [0.15, 0.2) is 0 Å². The summed E-state index contributed by atoms with van der Waals surface area (Å²) in [5.41, 5.74) is 0. The molecular weight excluding hydrogens is 246 g/mol. The van der Waals surface area contributed by atoms with Gasteiger partial charge in [-0.1, -0.05) is 51.9 Å². The lowest BCUT2D eigenvalue weighted by Crippen LogP contribution is -2.13. The van der Waals surface area contributed by atoms with Crippen LogP contribution in [-0.4, -0.2) is 10.8 Å². The number of hydrogen-bond donors (Lipinski definition) is 1. The Kier molecular flexibility index (Phi) is 10.6. The summed E-state index contributed by atoms with van der Waals surface area (Å²) in [5.74, 6) is 4.71. The number of unbranched alkanes of at least 4 members (excludes halogenated alkanes) is 7. The Morgan fingerprint density at radius 2 is 1.56 bits per heavy atom. The molecule has 6 heteroatoms. The molecule has 0 saturated heterocycles. The molecule has 0 saturated carbocycles. The lowest BCUT2D eigenvalue weighted by molar-refractivity contribution is 0.247. The van der Waals surface area contributed by atoms with Crippen molar-refractivity contribution >= 4 is 20.2 Å². The number of hydrogen-bond acceptors (Lipinski definition) is 5. The van der Waals surface area contributed by atoms with E-state index in [2.05, 4.69) is 22.4 Å². The van der Waals surface area contributed by atoms with E-state index in [1.807, 2.05) is 0 Å². The molecule has 2 N–H and O–H groups in total. The summed E-state index contributed by atoms with van der Waals surface area (Å²) in [7, 11) is -3.11. The molecule has 0 aromatic heterocycles. The van der Waals surface area contributed by atoms with Gasteiger partial charge in [-0.25, -0.2) is 0 Å². The molecule has 0 amide bonds. The molecule has 0 heterocycles. The van der Waals surface area contributed by atoms with Crippen LogP contribution in [0.2, 0.25) is 0 Å². The Balaban J connectivity index is 3.16. The Bertz CT molecular complexity index is 242. The number of nitrogens with two attached hydrogens (primary N) is 1. The quantitative estimate of drug-likeness (QED) is 0.461. The second-order valence-corrected chi connectivity index (χ2v) is 6.27. The van der Waals surface area contributed by atoms with Gasteiger partial charge < -0.3 is 0 Å². The van der Waals surface area contributed by atoms with Gasteiger partial charge in [-0.05, 0) is 6.42 Å². The summed E-state index contributed by atoms with van der Waals surface area (Å²) in [6, 6.07) is 0. The maximum absolute atomic E-state index is 11.0. The third-order valence-corrected chi connectivity index (χ3v) is 3.56. The van der Waals surface area contributed by atoms with Gasteiger partial charge in [-0.15, -0.1) is 0 Å². The van der Waals surface area contributed by atoms with E-state index in [1.165, 1.54) is 38.5 Å². The maximum atomic E-state index is 11.0. The smallest absolute Gasteiger partial charge is 0.268 e. The molecule has 0 aliphatic rings. The van der Waals surface area contributed by atoms with E-state index in [0.717, 1.165) is 12.8 Å². The topological polar surface area (TPSA) is 61.5 Å². The van der Waals surface area contributed by atoms with Crippen LogP contribution in [0.4, 0.5) is 0 Å². The van der Waals surface area contributed by atoms with Gasteiger partial charge in [0.2, 0.25) is 0 Å². The molecule has 1 unspecified atom stereocenters. The Morgan fingerprint density at radius 3 is 2.06 bits per heavy atom. The van der Waals surface area contributed by atoms with Crippen molar-refractivity contribution in [3.8, 4) is 0 Å². The molecule has 0 aromatic carbocycles. The average molecular weight is 269 g/mol. The van der Waals surface area contributed by atoms with E-state index in [0.29, 0.717) is 6.61 Å². The van der Waals surface area contributed by atoms with E-state index < -0.39 is 9.05 Å². The molecule has 16 heavy (non-hydrogen) atoms. The molecule has 0 radical (unpaired) electrons. The molecule has 0 bridgehead atoms. The zero-order valence-corrected chi connectivity index (χ0v) is 11.6. The molecule has 0 aliphatic carbocycles. The van der Waals surface area contributed by atoms with Crippen molar-refractivity contribution in [3.05, 3.63) is 0 Å². The summed E-state index contributed by atoms with van der Waals surface area (Å²) in [6.07, 6.45) is 9.61. The van der Waals surface area contributed by atoms with Gasteiger partial charge in [0.05, 0.1) is 6.61 Å². The monoisotopic (exact) mass is 269 g/mol. The van der Waals surface area contributed by atoms with E-state index in [1.54, 1.807) is 0 Å². The minimum Gasteiger partial charge on any atom is -0.268 e. The molecule has 0 fully saturated rings. The minimum absolute atomic E-state index is 0.356. The summed E-state index contributed by atoms with van der Waals surface area (Å²) < 4.78 is 19.9. The van der Waals surface area contributed by atoms with Crippen LogP contribution in [0.25, 0.3) is 0 Å². The highest BCUT2D eigenvalue weighted by molar-refractivity contribution is 8.27. The van der Waals surface area contributed by atoms with Crippen LogP contribution in [0.3, 0.4) is 0 Å². The molecule has 1 atom stereocenters. The zero-order valence-electron chi connectivity index (χ0n) is 9.98. The third kappa shape index (κ3) is 10.8. The molecule has 0 aromatic rings. The molecule has 4 nitrogen and oxygen atoms in total. The first-order valence-electron chi connectivity index (χ1n) is 5.90. The van der Waals surface area contributed by atoms with Gasteiger partial charge >= 0.3 is 0 Å². The molecule has 0 aliphatic heterocycles. The van der Waals surface area contributed by atoms with E-state index in [9.17, 15) is 4.21 Å². The second kappa shape index (κ2) is 10.4. The fourth-order valence-electron chi connectivity index (χ4n) is 1.42. The van der Waals surface area contributed by atoms with Gasteiger partial charge in [-0.2, -0.15) is 14.4 Å². The predicted molar refractivity (Wildman–Crippen MR) is 69.3 cm³/mol. The first kappa shape index (κ1) is 16.2. The highest BCUT2D eigenvalue weighted by atomic mass is 32.9. The maximum Gasteiger partial charge on any atom is 0.285 e. The fourth-order valence-corrected chi connectivity index (χ4v) is 2.01. The third-order valence-electron chi connectivity index (χ3n) is 2.34. The SMILES string of the molecule is CCCCCCCCCCOS(=O)(=S)ON. The standard InChI is InChI=1S/C10H23NO3S2/c1-2-3-4-5-6-7-8-9-10-13-16(12,15)14-11/h2-11H2,1H3. The van der Waals surface area contributed by atoms with Crippen LogP contribution < -0.4 is 5.90 Å². The average Bonchev–Trinajstić information content (AvgIpc) is 2.27. The first-order valence-corrected chi connectivity index (χ1v) is 8.23. The predicted octanol–water partition coefficient (Wildman–Crippen LogP) is 2.61. The molecule has 0 spiro atoms. The lowest BCUT2D eigenvalue weighted by atomic mass is 10.1. The fraction of sp³-hybridized carbons (Fsp3) is 1.00. The number of rotatable bonds is 11. The first-order chi connectivity index (χ1) is 7.62. The molecule has 98 valence electrons. The minimum atomic E-state index is -3.11. The van der Waals surface area contributed by atoms with E-state index in [-0.39, 0.29) is 0 Å². The van der Waals surface area contributed by atoms with Crippen molar-refractivity contribution in [3.63, 3.8) is 0 Å². The van der Waals surface area contributed by atoms with Gasteiger partial charge in [0.25, 0.3) is 9.05 Å². The highest BCUT2D eigenvalue weighted by Gasteiger charge is 2.03. The van der Waals surface area contributed by atoms with E-state index >= 15 is 0 Å². The van der Waals surface area contributed by atoms with Crippen molar-refractivity contribution < 1.29 is 12.7 Å². The van der Waals surface area contributed by atoms with E-state index in [4.69, 9.17) is 10.1 Å². The Labute approximate surface area is 104 Å². The van der Waals surface area contributed by atoms with Gasteiger partial charge in [-0.3, -0.25) is 4.18 Å².